The van der Waals surface area contributed by atoms with Crippen molar-refractivity contribution in [1.29, 1.82) is 0 Å². The lowest BCUT2D eigenvalue weighted by atomic mass is 10.2. The zero-order chi connectivity index (χ0) is 24.9. The first-order valence-electron chi connectivity index (χ1n) is 7.95. The van der Waals surface area contributed by atoms with Crippen molar-refractivity contribution < 1.29 is 71.9 Å². The Hall–Kier alpha value is -2.01. The Kier molecular flexibility index (Phi) is 9.42. The van der Waals surface area contributed by atoms with Gasteiger partial charge in [0.05, 0.1) is 19.6 Å². The van der Waals surface area contributed by atoms with E-state index < -0.39 is 70.7 Å². The number of carbonyl (C=O) groups is 2. The summed E-state index contributed by atoms with van der Waals surface area (Å²) < 4.78 is 146. The number of unbranched alkanes of at least 4 members (excludes halogenated alkanes) is 1. The van der Waals surface area contributed by atoms with Gasteiger partial charge < -0.3 is 14.2 Å². The van der Waals surface area contributed by atoms with Gasteiger partial charge in [-0.25, -0.2) is 9.59 Å². The molecule has 0 aromatic carbocycles. The van der Waals surface area contributed by atoms with Crippen molar-refractivity contribution >= 4 is 22.1 Å². The van der Waals surface area contributed by atoms with Crippen LogP contribution in [0.4, 0.5) is 35.1 Å². The SMILES string of the molecule is C=C(C(=O)OC(OCCC(F)(F)S(=O)(=O)O)(C(=O)OCCCC)C(F)(F)F)C(F)(F)F. The minimum absolute atomic E-state index is 0.0519. The first-order chi connectivity index (χ1) is 13.7. The van der Waals surface area contributed by atoms with Gasteiger partial charge in [0.1, 0.15) is 5.57 Å². The molecule has 0 aliphatic carbocycles. The summed E-state index contributed by atoms with van der Waals surface area (Å²) >= 11 is 0. The molecule has 0 saturated heterocycles. The number of alkyl halides is 8. The third-order valence-corrected chi connectivity index (χ3v) is 4.23. The standard InChI is InChI=1S/C14H16F8O8S/c1-3-4-6-28-10(24)12(14(20,21)22,30-9(23)8(2)13(17,18)19)29-7-5-11(15,16)31(25,26)27/h2-7H2,1H3,(H,25,26,27). The average molecular weight is 496 g/mol. The van der Waals surface area contributed by atoms with Crippen LogP contribution < -0.4 is 0 Å². The average Bonchev–Trinajstić information content (AvgIpc) is 2.57. The van der Waals surface area contributed by atoms with E-state index >= 15 is 0 Å². The fourth-order valence-corrected chi connectivity index (χ4v) is 1.88. The van der Waals surface area contributed by atoms with Crippen LogP contribution in [0.25, 0.3) is 0 Å². The quantitative estimate of drug-likeness (QED) is 0.116. The molecule has 1 N–H and O–H groups in total. The van der Waals surface area contributed by atoms with Crippen LogP contribution in [0.15, 0.2) is 12.2 Å². The fourth-order valence-electron chi connectivity index (χ4n) is 1.54. The lowest BCUT2D eigenvalue weighted by Crippen LogP contribution is -2.59. The highest BCUT2D eigenvalue weighted by Gasteiger charge is 2.68. The molecular weight excluding hydrogens is 480 g/mol. The number of rotatable bonds is 11. The Balaban J connectivity index is 6.06. The highest BCUT2D eigenvalue weighted by Crippen LogP contribution is 2.39. The molecule has 8 nitrogen and oxygen atoms in total. The lowest BCUT2D eigenvalue weighted by Gasteiger charge is -2.32. The Morgan fingerprint density at radius 1 is 1.00 bits per heavy atom. The van der Waals surface area contributed by atoms with Gasteiger partial charge in [0.2, 0.25) is 0 Å². The van der Waals surface area contributed by atoms with Crippen LogP contribution in [0.5, 0.6) is 0 Å². The second kappa shape index (κ2) is 10.1. The Labute approximate surface area is 169 Å². The molecular formula is C14H16F8O8S. The van der Waals surface area contributed by atoms with Crippen LogP contribution in [0, 0.1) is 0 Å². The predicted molar refractivity (Wildman–Crippen MR) is 83.0 cm³/mol. The van der Waals surface area contributed by atoms with Crippen LogP contribution >= 0.6 is 0 Å². The van der Waals surface area contributed by atoms with Crippen LogP contribution in [-0.4, -0.2) is 61.5 Å². The van der Waals surface area contributed by atoms with E-state index in [4.69, 9.17) is 4.55 Å². The largest absolute Gasteiger partial charge is 0.468 e. The molecule has 182 valence electrons. The predicted octanol–water partition coefficient (Wildman–Crippen LogP) is 3.14. The van der Waals surface area contributed by atoms with Gasteiger partial charge in [-0.05, 0) is 6.42 Å². The van der Waals surface area contributed by atoms with Gasteiger partial charge in [0, 0.05) is 0 Å². The first kappa shape index (κ1) is 29.0. The van der Waals surface area contributed by atoms with Crippen LogP contribution in [0.1, 0.15) is 26.2 Å². The number of esters is 2. The van der Waals surface area contributed by atoms with Gasteiger partial charge in [-0.15, -0.1) is 0 Å². The summed E-state index contributed by atoms with van der Waals surface area (Å²) in [6.45, 7) is 0.883. The highest BCUT2D eigenvalue weighted by atomic mass is 32.2. The number of hydrogen-bond donors (Lipinski definition) is 1. The third-order valence-electron chi connectivity index (χ3n) is 3.27. The van der Waals surface area contributed by atoms with Crippen LogP contribution in [0.3, 0.4) is 0 Å². The zero-order valence-electron chi connectivity index (χ0n) is 15.5. The van der Waals surface area contributed by atoms with E-state index in [9.17, 15) is 53.1 Å². The molecule has 0 bridgehead atoms. The van der Waals surface area contributed by atoms with Gasteiger partial charge in [0.25, 0.3) is 0 Å². The second-order valence-corrected chi connectivity index (χ2v) is 7.23. The fraction of sp³-hybridized carbons (Fsp3) is 0.714. The molecule has 0 aromatic rings. The molecule has 0 amide bonds. The summed E-state index contributed by atoms with van der Waals surface area (Å²) in [7, 11) is -6.13. The van der Waals surface area contributed by atoms with Crippen molar-refractivity contribution in [2.75, 3.05) is 13.2 Å². The Morgan fingerprint density at radius 3 is 1.90 bits per heavy atom. The summed E-state index contributed by atoms with van der Waals surface area (Å²) in [5.74, 6) is -10.4. The molecule has 0 radical (unpaired) electrons. The number of hydrogen-bond acceptors (Lipinski definition) is 7. The smallest absolute Gasteiger partial charge is 0.461 e. The molecule has 1 atom stereocenters. The van der Waals surface area contributed by atoms with E-state index in [1.807, 2.05) is 0 Å². The minimum atomic E-state index is -6.18. The Morgan fingerprint density at radius 2 is 1.52 bits per heavy atom. The molecule has 1 unspecified atom stereocenters. The molecule has 0 aliphatic heterocycles. The van der Waals surface area contributed by atoms with Gasteiger partial charge in [-0.3, -0.25) is 4.55 Å². The molecule has 0 spiro atoms. The van der Waals surface area contributed by atoms with Crippen molar-refractivity contribution in [3.8, 4) is 0 Å². The van der Waals surface area contributed by atoms with Gasteiger partial charge in [-0.2, -0.15) is 43.5 Å². The third kappa shape index (κ3) is 7.57. The van der Waals surface area contributed by atoms with E-state index in [2.05, 4.69) is 20.8 Å². The number of ether oxygens (including phenoxy) is 3. The normalized spacial score (nSPS) is 15.2. The van der Waals surface area contributed by atoms with Crippen LogP contribution in [0.2, 0.25) is 0 Å². The summed E-state index contributed by atoms with van der Waals surface area (Å²) in [5, 5.41) is -5.07. The van der Waals surface area contributed by atoms with Gasteiger partial charge in [0.15, 0.2) is 0 Å². The van der Waals surface area contributed by atoms with Crippen molar-refractivity contribution in [1.82, 2.24) is 0 Å². The monoisotopic (exact) mass is 496 g/mol. The van der Waals surface area contributed by atoms with E-state index in [-0.39, 0.29) is 12.8 Å². The summed E-state index contributed by atoms with van der Waals surface area (Å²) in [6, 6.07) is 0. The van der Waals surface area contributed by atoms with Crippen molar-refractivity contribution in [2.45, 2.75) is 49.6 Å². The van der Waals surface area contributed by atoms with Crippen LogP contribution in [-0.2, 0) is 33.9 Å². The first-order valence-corrected chi connectivity index (χ1v) is 9.39. The molecule has 0 saturated carbocycles. The molecule has 0 heterocycles. The maximum atomic E-state index is 13.5. The zero-order valence-corrected chi connectivity index (χ0v) is 16.3. The van der Waals surface area contributed by atoms with Crippen molar-refractivity contribution in [2.24, 2.45) is 0 Å². The summed E-state index contributed by atoms with van der Waals surface area (Å²) in [5.41, 5.74) is -2.51. The maximum Gasteiger partial charge on any atom is 0.468 e. The lowest BCUT2D eigenvalue weighted by molar-refractivity contribution is -0.356. The summed E-state index contributed by atoms with van der Waals surface area (Å²) in [6.07, 6.45) is -13.8. The molecule has 0 aromatic heterocycles. The van der Waals surface area contributed by atoms with E-state index in [0.717, 1.165) is 0 Å². The summed E-state index contributed by atoms with van der Waals surface area (Å²) in [4.78, 5) is 23.4. The van der Waals surface area contributed by atoms with Crippen molar-refractivity contribution in [3.63, 3.8) is 0 Å². The topological polar surface area (TPSA) is 116 Å². The molecule has 0 aliphatic rings. The van der Waals surface area contributed by atoms with E-state index in [1.165, 1.54) is 6.92 Å². The molecule has 0 fully saturated rings. The van der Waals surface area contributed by atoms with E-state index in [0.29, 0.717) is 0 Å². The van der Waals surface area contributed by atoms with E-state index in [1.54, 1.807) is 0 Å². The minimum Gasteiger partial charge on any atom is -0.461 e. The van der Waals surface area contributed by atoms with Gasteiger partial charge >= 0.3 is 45.5 Å². The van der Waals surface area contributed by atoms with Crippen molar-refractivity contribution in [3.05, 3.63) is 12.2 Å². The number of carbonyl (C=O) groups excluding carboxylic acids is 2. The second-order valence-electron chi connectivity index (χ2n) is 5.68. The molecule has 31 heavy (non-hydrogen) atoms. The van der Waals surface area contributed by atoms with Gasteiger partial charge in [-0.1, -0.05) is 19.9 Å². The maximum absolute atomic E-state index is 13.5. The molecule has 17 heteroatoms. The Bertz CT molecular complexity index is 774. The number of halogens is 8. The molecule has 0 rings (SSSR count). The highest BCUT2D eigenvalue weighted by molar-refractivity contribution is 7.86.